The lowest BCUT2D eigenvalue weighted by molar-refractivity contribution is 0.00578. The minimum atomic E-state index is -1.23. The average Bonchev–Trinajstić information content (AvgIpc) is 2.63. The van der Waals surface area contributed by atoms with Gasteiger partial charge in [-0.2, -0.15) is 5.26 Å². The number of nitriles is 1. The van der Waals surface area contributed by atoms with Crippen LogP contribution < -0.4 is 0 Å². The summed E-state index contributed by atoms with van der Waals surface area (Å²) in [4.78, 5) is 3.61. The predicted octanol–water partition coefficient (Wildman–Crippen LogP) is 3.80. The Morgan fingerprint density at radius 1 is 1.36 bits per heavy atom. The van der Waals surface area contributed by atoms with Gasteiger partial charge >= 0.3 is 7.12 Å². The van der Waals surface area contributed by atoms with Crippen LogP contribution in [0.15, 0.2) is 16.4 Å². The molecule has 1 aromatic heterocycles. The SMILES string of the molecule is CC1(C)OB(C(F)=Cc2c(Br)cnc(C#N)c2F)OC1(C)C. The minimum absolute atomic E-state index is 0.112. The van der Waals surface area contributed by atoms with Crippen molar-refractivity contribution in [3.05, 3.63) is 33.5 Å². The van der Waals surface area contributed by atoms with Crippen LogP contribution in [0.25, 0.3) is 6.08 Å². The first kappa shape index (κ1) is 17.1. The molecule has 1 fully saturated rings. The molecule has 0 atom stereocenters. The molecule has 0 saturated carbocycles. The highest BCUT2D eigenvalue weighted by molar-refractivity contribution is 9.10. The lowest BCUT2D eigenvalue weighted by Gasteiger charge is -2.32. The fraction of sp³-hybridized carbons (Fsp3) is 0.429. The minimum Gasteiger partial charge on any atom is -0.398 e. The first-order chi connectivity index (χ1) is 10.1. The Balaban J connectivity index is 2.38. The number of hydrogen-bond acceptors (Lipinski definition) is 4. The van der Waals surface area contributed by atoms with Crippen LogP contribution >= 0.6 is 15.9 Å². The Labute approximate surface area is 136 Å². The van der Waals surface area contributed by atoms with Gasteiger partial charge in [-0.25, -0.2) is 13.8 Å². The van der Waals surface area contributed by atoms with E-state index in [-0.39, 0.29) is 10.0 Å². The van der Waals surface area contributed by atoms with Gasteiger partial charge in [0.2, 0.25) is 0 Å². The summed E-state index contributed by atoms with van der Waals surface area (Å²) in [6.45, 7) is 7.15. The van der Waals surface area contributed by atoms with Gasteiger partial charge in [0, 0.05) is 16.2 Å². The van der Waals surface area contributed by atoms with Crippen LogP contribution in [0.3, 0.4) is 0 Å². The van der Waals surface area contributed by atoms with Crippen LogP contribution in [-0.2, 0) is 9.31 Å². The lowest BCUT2D eigenvalue weighted by atomic mass is 9.87. The normalized spacial score (nSPS) is 20.1. The Morgan fingerprint density at radius 2 is 1.91 bits per heavy atom. The quantitative estimate of drug-likeness (QED) is 0.743. The van der Waals surface area contributed by atoms with Gasteiger partial charge in [0.1, 0.15) is 11.8 Å². The van der Waals surface area contributed by atoms with Gasteiger partial charge in [-0.15, -0.1) is 0 Å². The number of hydrogen-bond donors (Lipinski definition) is 0. The van der Waals surface area contributed by atoms with Crippen LogP contribution in [0, 0.1) is 17.1 Å². The van der Waals surface area contributed by atoms with Crippen molar-refractivity contribution in [1.82, 2.24) is 4.98 Å². The number of aromatic nitrogens is 1. The smallest absolute Gasteiger partial charge is 0.398 e. The van der Waals surface area contributed by atoms with Crippen molar-refractivity contribution >= 4 is 29.1 Å². The molecule has 2 rings (SSSR count). The van der Waals surface area contributed by atoms with Crippen LogP contribution in [0.1, 0.15) is 39.0 Å². The Hall–Kier alpha value is -1.30. The second-order valence-corrected chi connectivity index (χ2v) is 6.77. The molecule has 0 unspecified atom stereocenters. The molecule has 116 valence electrons. The molecular formula is C14H14BBrF2N2O2. The van der Waals surface area contributed by atoms with Crippen molar-refractivity contribution in [2.45, 2.75) is 38.9 Å². The molecule has 1 aliphatic heterocycles. The third kappa shape index (κ3) is 2.93. The predicted molar refractivity (Wildman–Crippen MR) is 81.8 cm³/mol. The zero-order valence-electron chi connectivity index (χ0n) is 12.6. The van der Waals surface area contributed by atoms with Crippen molar-refractivity contribution in [3.63, 3.8) is 0 Å². The molecule has 4 nitrogen and oxygen atoms in total. The van der Waals surface area contributed by atoms with Crippen LogP contribution in [-0.4, -0.2) is 23.3 Å². The fourth-order valence-corrected chi connectivity index (χ4v) is 2.24. The largest absolute Gasteiger partial charge is 0.525 e. The topological polar surface area (TPSA) is 55.1 Å². The zero-order valence-corrected chi connectivity index (χ0v) is 14.2. The van der Waals surface area contributed by atoms with Crippen molar-refractivity contribution < 1.29 is 18.1 Å². The van der Waals surface area contributed by atoms with Gasteiger partial charge in [0.25, 0.3) is 0 Å². The van der Waals surface area contributed by atoms with Crippen molar-refractivity contribution in [1.29, 1.82) is 5.26 Å². The Bertz CT molecular complexity index is 670. The maximum Gasteiger partial charge on any atom is 0.525 e. The molecule has 2 heterocycles. The summed E-state index contributed by atoms with van der Waals surface area (Å²) in [5.41, 5.74) is -2.70. The molecule has 22 heavy (non-hydrogen) atoms. The molecule has 1 aliphatic rings. The second kappa shape index (κ2) is 5.72. The average molecular weight is 371 g/mol. The molecule has 0 N–H and O–H groups in total. The first-order valence-electron chi connectivity index (χ1n) is 6.56. The molecule has 1 saturated heterocycles. The monoisotopic (exact) mass is 370 g/mol. The van der Waals surface area contributed by atoms with Gasteiger partial charge in [-0.05, 0) is 49.7 Å². The van der Waals surface area contributed by atoms with Crippen molar-refractivity contribution in [2.75, 3.05) is 0 Å². The van der Waals surface area contributed by atoms with E-state index in [2.05, 4.69) is 20.9 Å². The maximum atomic E-state index is 14.4. The summed E-state index contributed by atoms with van der Waals surface area (Å²) in [5.74, 6) is -0.899. The van der Waals surface area contributed by atoms with Gasteiger partial charge in [0.05, 0.1) is 11.2 Å². The van der Waals surface area contributed by atoms with Crippen LogP contribution in [0.2, 0.25) is 0 Å². The number of nitrogens with zero attached hydrogens (tertiary/aromatic N) is 2. The van der Waals surface area contributed by atoms with E-state index in [1.54, 1.807) is 33.8 Å². The fourth-order valence-electron chi connectivity index (χ4n) is 1.85. The van der Waals surface area contributed by atoms with Gasteiger partial charge in [-0.1, -0.05) is 0 Å². The van der Waals surface area contributed by atoms with Crippen LogP contribution in [0.4, 0.5) is 8.78 Å². The van der Waals surface area contributed by atoms with E-state index in [0.717, 1.165) is 6.08 Å². The summed E-state index contributed by atoms with van der Waals surface area (Å²) in [6.07, 6.45) is 2.19. The molecule has 0 amide bonds. The zero-order chi connectivity index (χ0) is 16.7. The highest BCUT2D eigenvalue weighted by Crippen LogP contribution is 2.39. The molecule has 0 bridgehead atoms. The van der Waals surface area contributed by atoms with Gasteiger partial charge in [0.15, 0.2) is 11.5 Å². The summed E-state index contributed by atoms with van der Waals surface area (Å²) < 4.78 is 39.8. The summed E-state index contributed by atoms with van der Waals surface area (Å²) in [5, 5.41) is 8.79. The first-order valence-corrected chi connectivity index (χ1v) is 7.35. The number of pyridine rings is 1. The Kier molecular flexibility index (Phi) is 4.44. The molecule has 0 radical (unpaired) electrons. The molecule has 1 aromatic rings. The number of rotatable bonds is 2. The van der Waals surface area contributed by atoms with Crippen molar-refractivity contribution in [3.8, 4) is 6.07 Å². The van der Waals surface area contributed by atoms with Gasteiger partial charge in [-0.3, -0.25) is 0 Å². The molecule has 0 aromatic carbocycles. The summed E-state index contributed by atoms with van der Waals surface area (Å²) in [6, 6.07) is 1.61. The van der Waals surface area contributed by atoms with Crippen LogP contribution in [0.5, 0.6) is 0 Å². The highest BCUT2D eigenvalue weighted by atomic mass is 79.9. The third-order valence-electron chi connectivity index (χ3n) is 3.88. The van der Waals surface area contributed by atoms with Crippen molar-refractivity contribution in [2.24, 2.45) is 0 Å². The molecule has 8 heteroatoms. The third-order valence-corrected chi connectivity index (χ3v) is 4.51. The van der Waals surface area contributed by atoms with E-state index >= 15 is 0 Å². The summed E-state index contributed by atoms with van der Waals surface area (Å²) in [7, 11) is -1.23. The standard InChI is InChI=1S/C14H14BBrF2N2O2/c1-13(2)14(3,4)22-15(21-13)11(17)5-8-9(16)7-20-10(6-19)12(8)18/h5,7H,1-4H3. The lowest BCUT2D eigenvalue weighted by Crippen LogP contribution is -2.41. The summed E-state index contributed by atoms with van der Waals surface area (Å²) >= 11 is 3.09. The van der Waals surface area contributed by atoms with E-state index in [1.165, 1.54) is 6.20 Å². The van der Waals surface area contributed by atoms with E-state index in [9.17, 15) is 8.78 Å². The van der Waals surface area contributed by atoms with Gasteiger partial charge < -0.3 is 9.31 Å². The second-order valence-electron chi connectivity index (χ2n) is 5.91. The van der Waals surface area contributed by atoms with E-state index < -0.39 is 35.6 Å². The van der Waals surface area contributed by atoms with E-state index in [1.807, 2.05) is 0 Å². The number of halogens is 3. The van der Waals surface area contributed by atoms with E-state index in [4.69, 9.17) is 14.6 Å². The highest BCUT2D eigenvalue weighted by Gasteiger charge is 2.53. The van der Waals surface area contributed by atoms with E-state index in [0.29, 0.717) is 0 Å². The maximum absolute atomic E-state index is 14.4. The molecule has 0 aliphatic carbocycles. The molecular weight excluding hydrogens is 357 g/mol. The Morgan fingerprint density at radius 3 is 2.41 bits per heavy atom. The molecule has 0 spiro atoms.